The minimum atomic E-state index is -4.50. The van der Waals surface area contributed by atoms with Gasteiger partial charge in [0.05, 0.1) is 11.9 Å². The predicted molar refractivity (Wildman–Crippen MR) is 92.2 cm³/mol. The van der Waals surface area contributed by atoms with Gasteiger partial charge in [0.15, 0.2) is 0 Å². The fourth-order valence-electron chi connectivity index (χ4n) is 2.48. The Bertz CT molecular complexity index is 986. The second kappa shape index (κ2) is 7.06. The molecule has 1 aromatic carbocycles. The van der Waals surface area contributed by atoms with Gasteiger partial charge < -0.3 is 10.5 Å². The molecule has 0 saturated heterocycles. The highest BCUT2D eigenvalue weighted by atomic mass is 19.4. The molecule has 0 saturated carbocycles. The van der Waals surface area contributed by atoms with Crippen LogP contribution in [0.25, 0.3) is 11.3 Å². The molecule has 0 aliphatic carbocycles. The number of aryl methyl sites for hydroxylation is 1. The SMILES string of the molecule is Cc1cc(-c2cc(Oc3ccc(C(F)(F)F)nc3)ccn2)ccc1C(N)=O. The van der Waals surface area contributed by atoms with Crippen molar-refractivity contribution in [1.82, 2.24) is 9.97 Å². The lowest BCUT2D eigenvalue weighted by Gasteiger charge is -2.10. The standard InChI is InChI=1S/C19H14F3N3O2/c1-11-8-12(2-4-15(11)18(23)26)16-9-13(6-7-24-16)27-14-3-5-17(25-10-14)19(20,21)22/h2-10H,1H3,(H2,23,26). The van der Waals surface area contributed by atoms with Crippen molar-refractivity contribution in [3.63, 3.8) is 0 Å². The van der Waals surface area contributed by atoms with Crippen molar-refractivity contribution in [3.05, 3.63) is 71.7 Å². The highest BCUT2D eigenvalue weighted by Crippen LogP contribution is 2.30. The van der Waals surface area contributed by atoms with E-state index >= 15 is 0 Å². The summed E-state index contributed by atoms with van der Waals surface area (Å²) in [6.07, 6.45) is -1.98. The summed E-state index contributed by atoms with van der Waals surface area (Å²) in [5.41, 5.74) is 6.76. The lowest BCUT2D eigenvalue weighted by atomic mass is 10.0. The Morgan fingerprint density at radius 2 is 1.81 bits per heavy atom. The van der Waals surface area contributed by atoms with Crippen LogP contribution >= 0.6 is 0 Å². The maximum Gasteiger partial charge on any atom is 0.433 e. The topological polar surface area (TPSA) is 78.1 Å². The van der Waals surface area contributed by atoms with Crippen LogP contribution in [0.3, 0.4) is 0 Å². The maximum absolute atomic E-state index is 12.6. The number of carbonyl (C=O) groups is 1. The number of nitrogens with zero attached hydrogens (tertiary/aromatic N) is 2. The van der Waals surface area contributed by atoms with E-state index in [-0.39, 0.29) is 5.75 Å². The Morgan fingerprint density at radius 3 is 2.41 bits per heavy atom. The molecule has 138 valence electrons. The van der Waals surface area contributed by atoms with Crippen molar-refractivity contribution in [2.75, 3.05) is 0 Å². The number of hydrogen-bond acceptors (Lipinski definition) is 4. The third-order valence-corrected chi connectivity index (χ3v) is 3.78. The normalized spacial score (nSPS) is 11.3. The zero-order valence-corrected chi connectivity index (χ0v) is 14.1. The van der Waals surface area contributed by atoms with Crippen molar-refractivity contribution < 1.29 is 22.7 Å². The summed E-state index contributed by atoms with van der Waals surface area (Å²) < 4.78 is 43.2. The molecular weight excluding hydrogens is 359 g/mol. The molecule has 27 heavy (non-hydrogen) atoms. The molecule has 3 rings (SSSR count). The minimum Gasteiger partial charge on any atom is -0.456 e. The number of pyridine rings is 2. The van der Waals surface area contributed by atoms with Crippen LogP contribution in [0, 0.1) is 6.92 Å². The predicted octanol–water partition coefficient (Wildman–Crippen LogP) is 4.36. The van der Waals surface area contributed by atoms with E-state index in [0.29, 0.717) is 22.6 Å². The molecule has 1 amide bonds. The molecule has 8 heteroatoms. The van der Waals surface area contributed by atoms with E-state index in [1.807, 2.05) is 0 Å². The molecule has 2 aromatic heterocycles. The monoisotopic (exact) mass is 373 g/mol. The number of benzene rings is 1. The first-order chi connectivity index (χ1) is 12.7. The first kappa shape index (κ1) is 18.4. The van der Waals surface area contributed by atoms with Gasteiger partial charge in [0, 0.05) is 23.4 Å². The average molecular weight is 373 g/mol. The molecule has 0 atom stereocenters. The molecule has 2 N–H and O–H groups in total. The number of hydrogen-bond donors (Lipinski definition) is 1. The van der Waals surface area contributed by atoms with E-state index in [9.17, 15) is 18.0 Å². The van der Waals surface area contributed by atoms with E-state index < -0.39 is 17.8 Å². The highest BCUT2D eigenvalue weighted by molar-refractivity contribution is 5.94. The second-order valence-corrected chi connectivity index (χ2v) is 5.75. The number of nitrogens with two attached hydrogens (primary N) is 1. The van der Waals surface area contributed by atoms with Gasteiger partial charge in [-0.1, -0.05) is 6.07 Å². The Balaban J connectivity index is 1.84. The molecule has 0 fully saturated rings. The molecule has 3 aromatic rings. The zero-order chi connectivity index (χ0) is 19.6. The van der Waals surface area contributed by atoms with Crippen LogP contribution in [0.5, 0.6) is 11.5 Å². The number of primary amides is 1. The van der Waals surface area contributed by atoms with Crippen LogP contribution < -0.4 is 10.5 Å². The number of rotatable bonds is 4. The number of alkyl halides is 3. The number of ether oxygens (including phenoxy) is 1. The Morgan fingerprint density at radius 1 is 1.04 bits per heavy atom. The first-order valence-electron chi connectivity index (χ1n) is 7.82. The lowest BCUT2D eigenvalue weighted by Crippen LogP contribution is -2.12. The van der Waals surface area contributed by atoms with Gasteiger partial charge in [-0.05, 0) is 42.8 Å². The highest BCUT2D eigenvalue weighted by Gasteiger charge is 2.32. The van der Waals surface area contributed by atoms with Crippen LogP contribution in [0.15, 0.2) is 54.9 Å². The van der Waals surface area contributed by atoms with Gasteiger partial charge in [0.1, 0.15) is 17.2 Å². The molecule has 0 aliphatic rings. The Kier molecular flexibility index (Phi) is 4.81. The van der Waals surface area contributed by atoms with Crippen molar-refractivity contribution in [3.8, 4) is 22.8 Å². The van der Waals surface area contributed by atoms with E-state index in [2.05, 4.69) is 9.97 Å². The third kappa shape index (κ3) is 4.22. The Hall–Kier alpha value is -3.42. The van der Waals surface area contributed by atoms with Crippen molar-refractivity contribution in [1.29, 1.82) is 0 Å². The molecule has 0 unspecified atom stereocenters. The quantitative estimate of drug-likeness (QED) is 0.737. The van der Waals surface area contributed by atoms with E-state index in [1.165, 1.54) is 12.3 Å². The second-order valence-electron chi connectivity index (χ2n) is 5.75. The minimum absolute atomic E-state index is 0.167. The summed E-state index contributed by atoms with van der Waals surface area (Å²) in [5, 5.41) is 0. The number of aromatic nitrogens is 2. The van der Waals surface area contributed by atoms with Crippen LogP contribution in [0.1, 0.15) is 21.6 Å². The number of amides is 1. The number of halogens is 3. The van der Waals surface area contributed by atoms with E-state index in [0.717, 1.165) is 17.8 Å². The summed E-state index contributed by atoms with van der Waals surface area (Å²) >= 11 is 0. The summed E-state index contributed by atoms with van der Waals surface area (Å²) in [4.78, 5) is 18.9. The summed E-state index contributed by atoms with van der Waals surface area (Å²) in [7, 11) is 0. The summed E-state index contributed by atoms with van der Waals surface area (Å²) in [6, 6.07) is 10.3. The van der Waals surface area contributed by atoms with Crippen molar-refractivity contribution >= 4 is 5.91 Å². The maximum atomic E-state index is 12.6. The van der Waals surface area contributed by atoms with Crippen LogP contribution in [-0.4, -0.2) is 15.9 Å². The molecule has 0 radical (unpaired) electrons. The zero-order valence-electron chi connectivity index (χ0n) is 14.1. The van der Waals surface area contributed by atoms with Gasteiger partial charge >= 0.3 is 6.18 Å². The van der Waals surface area contributed by atoms with Gasteiger partial charge in [0.2, 0.25) is 5.91 Å². The first-order valence-corrected chi connectivity index (χ1v) is 7.82. The third-order valence-electron chi connectivity index (χ3n) is 3.78. The van der Waals surface area contributed by atoms with Crippen LogP contribution in [-0.2, 0) is 6.18 Å². The molecule has 0 spiro atoms. The molecule has 2 heterocycles. The molecular formula is C19H14F3N3O2. The molecule has 5 nitrogen and oxygen atoms in total. The van der Waals surface area contributed by atoms with Crippen LogP contribution in [0.4, 0.5) is 13.2 Å². The fourth-order valence-corrected chi connectivity index (χ4v) is 2.48. The van der Waals surface area contributed by atoms with Crippen LogP contribution in [0.2, 0.25) is 0 Å². The Labute approximate surface area is 152 Å². The molecule has 0 aliphatic heterocycles. The van der Waals surface area contributed by atoms with Gasteiger partial charge in [-0.25, -0.2) is 4.98 Å². The number of carbonyl (C=O) groups excluding carboxylic acids is 1. The molecule has 0 bridgehead atoms. The van der Waals surface area contributed by atoms with Gasteiger partial charge in [-0.3, -0.25) is 9.78 Å². The van der Waals surface area contributed by atoms with E-state index in [1.54, 1.807) is 37.3 Å². The van der Waals surface area contributed by atoms with E-state index in [4.69, 9.17) is 10.5 Å². The largest absolute Gasteiger partial charge is 0.456 e. The van der Waals surface area contributed by atoms with Gasteiger partial charge in [0.25, 0.3) is 0 Å². The lowest BCUT2D eigenvalue weighted by molar-refractivity contribution is -0.141. The average Bonchev–Trinajstić information content (AvgIpc) is 2.61. The summed E-state index contributed by atoms with van der Waals surface area (Å²) in [5.74, 6) is 0.0393. The van der Waals surface area contributed by atoms with Crippen molar-refractivity contribution in [2.24, 2.45) is 5.73 Å². The van der Waals surface area contributed by atoms with Gasteiger partial charge in [-0.2, -0.15) is 13.2 Å². The van der Waals surface area contributed by atoms with Crippen molar-refractivity contribution in [2.45, 2.75) is 13.1 Å². The van der Waals surface area contributed by atoms with Gasteiger partial charge in [-0.15, -0.1) is 0 Å². The fraction of sp³-hybridized carbons (Fsp3) is 0.105. The summed E-state index contributed by atoms with van der Waals surface area (Å²) in [6.45, 7) is 1.76. The smallest absolute Gasteiger partial charge is 0.433 e.